The number of nitrogens with one attached hydrogen (secondary N) is 2. The van der Waals surface area contributed by atoms with Crippen molar-refractivity contribution in [1.29, 1.82) is 0 Å². The molecule has 3 aromatic heterocycles. The molecule has 8 nitrogen and oxygen atoms in total. The van der Waals surface area contributed by atoms with Crippen LogP contribution in [0.3, 0.4) is 0 Å². The van der Waals surface area contributed by atoms with Crippen molar-refractivity contribution in [2.45, 2.75) is 64.8 Å². The summed E-state index contributed by atoms with van der Waals surface area (Å²) in [4.78, 5) is 25.7. The molecule has 2 fully saturated rings. The summed E-state index contributed by atoms with van der Waals surface area (Å²) in [6, 6.07) is 13.2. The van der Waals surface area contributed by atoms with Gasteiger partial charge in [-0.15, -0.1) is 11.3 Å². The molecule has 5 heterocycles. The number of likely N-dealkylation sites (tertiary alicyclic amines) is 1. The lowest BCUT2D eigenvalue weighted by atomic mass is 9.88. The lowest BCUT2D eigenvalue weighted by molar-refractivity contribution is -0.135. The maximum atomic E-state index is 12.6. The van der Waals surface area contributed by atoms with E-state index in [0.717, 1.165) is 74.5 Å². The van der Waals surface area contributed by atoms with Crippen LogP contribution in [0.4, 0.5) is 5.82 Å². The van der Waals surface area contributed by atoms with Crippen LogP contribution in [-0.2, 0) is 22.6 Å². The maximum Gasteiger partial charge on any atom is 0.225 e. The van der Waals surface area contributed by atoms with Crippen LogP contribution in [0.5, 0.6) is 0 Å². The van der Waals surface area contributed by atoms with Crippen LogP contribution in [0.25, 0.3) is 22.2 Å². The molecule has 2 N–H and O–H groups in total. The molecule has 2 aliphatic heterocycles. The first kappa shape index (κ1) is 27.6. The van der Waals surface area contributed by atoms with Crippen LogP contribution in [0.2, 0.25) is 0 Å². The van der Waals surface area contributed by atoms with E-state index >= 15 is 0 Å². The molecule has 1 amide bonds. The molecule has 0 radical (unpaired) electrons. The third-order valence-corrected chi connectivity index (χ3v) is 10.2. The summed E-state index contributed by atoms with van der Waals surface area (Å²) < 4.78 is 8.77. The van der Waals surface area contributed by atoms with Gasteiger partial charge in [-0.2, -0.15) is 0 Å². The van der Waals surface area contributed by atoms with Crippen molar-refractivity contribution in [2.24, 2.45) is 11.8 Å². The highest BCUT2D eigenvalue weighted by Crippen LogP contribution is 2.41. The first-order valence-corrected chi connectivity index (χ1v) is 16.2. The van der Waals surface area contributed by atoms with E-state index < -0.39 is 0 Å². The second-order valence-electron chi connectivity index (χ2n) is 12.1. The van der Waals surface area contributed by atoms with Crippen molar-refractivity contribution in [3.05, 3.63) is 63.7 Å². The van der Waals surface area contributed by atoms with Gasteiger partial charge in [0.05, 0.1) is 18.0 Å². The van der Waals surface area contributed by atoms with Crippen molar-refractivity contribution >= 4 is 34.1 Å². The second-order valence-corrected chi connectivity index (χ2v) is 13.0. The summed E-state index contributed by atoms with van der Waals surface area (Å²) in [5, 5.41) is 10.3. The number of rotatable bonds is 8. The molecule has 4 aromatic rings. The Kier molecular flexibility index (Phi) is 7.50. The number of ether oxygens (including phenoxy) is 1. The van der Waals surface area contributed by atoms with Gasteiger partial charge in [0, 0.05) is 42.7 Å². The molecular formula is C33H40N6O2S. The smallest absolute Gasteiger partial charge is 0.225 e. The normalized spacial score (nSPS) is 20.1. The van der Waals surface area contributed by atoms with E-state index in [0.29, 0.717) is 24.3 Å². The highest BCUT2D eigenvalue weighted by molar-refractivity contribution is 7.10. The van der Waals surface area contributed by atoms with E-state index in [1.807, 2.05) is 14.0 Å². The van der Waals surface area contributed by atoms with E-state index in [1.54, 1.807) is 11.3 Å². The van der Waals surface area contributed by atoms with E-state index in [1.165, 1.54) is 27.3 Å². The van der Waals surface area contributed by atoms with E-state index in [4.69, 9.17) is 14.7 Å². The number of thiophene rings is 1. The van der Waals surface area contributed by atoms with Crippen molar-refractivity contribution in [1.82, 2.24) is 24.8 Å². The standard InChI is InChI=1S/C33H40N6O2S/c1-20(29-16-25(19-42-29)26-7-5-4-6-24(26)18-34-3)35-31-27-17-28-30(41-15-14-39(28)32(27)37-21(2)36-31)22-10-12-38(13-11-22)33(40)23-8-9-23/h4-7,16-17,19-20,22-23,30,34H,8-15,18H2,1-3H3,(H,35,36,37)/t20-,30?/m1/s1. The van der Waals surface area contributed by atoms with Crippen LogP contribution in [0, 0.1) is 18.8 Å². The average Bonchev–Trinajstić information content (AvgIpc) is 3.62. The predicted molar refractivity (Wildman–Crippen MR) is 168 cm³/mol. The van der Waals surface area contributed by atoms with Crippen molar-refractivity contribution in [3.63, 3.8) is 0 Å². The molecule has 42 heavy (non-hydrogen) atoms. The van der Waals surface area contributed by atoms with Gasteiger partial charge in [0.25, 0.3) is 0 Å². The number of piperidine rings is 1. The third kappa shape index (κ3) is 5.23. The third-order valence-electron chi connectivity index (χ3n) is 9.10. The van der Waals surface area contributed by atoms with Gasteiger partial charge in [0.1, 0.15) is 23.4 Å². The topological polar surface area (TPSA) is 84.3 Å². The lowest BCUT2D eigenvalue weighted by Crippen LogP contribution is -2.41. The van der Waals surface area contributed by atoms with E-state index in [2.05, 4.69) is 68.8 Å². The highest BCUT2D eigenvalue weighted by Gasteiger charge is 2.38. The largest absolute Gasteiger partial charge is 0.370 e. The molecule has 3 aliphatic rings. The monoisotopic (exact) mass is 584 g/mol. The Morgan fingerprint density at radius 2 is 1.93 bits per heavy atom. The first-order valence-electron chi connectivity index (χ1n) is 15.4. The minimum absolute atomic E-state index is 0.0224. The summed E-state index contributed by atoms with van der Waals surface area (Å²) in [5.41, 5.74) is 6.00. The number of carbonyl (C=O) groups excluding carboxylic acids is 1. The fourth-order valence-electron chi connectivity index (χ4n) is 6.72. The Morgan fingerprint density at radius 3 is 2.71 bits per heavy atom. The summed E-state index contributed by atoms with van der Waals surface area (Å²) >= 11 is 1.78. The minimum Gasteiger partial charge on any atom is -0.370 e. The van der Waals surface area contributed by atoms with E-state index in [9.17, 15) is 4.79 Å². The Labute approximate surface area is 251 Å². The molecule has 1 unspecified atom stereocenters. The fraction of sp³-hybridized carbons (Fsp3) is 0.485. The van der Waals surface area contributed by atoms with Crippen LogP contribution < -0.4 is 10.6 Å². The minimum atomic E-state index is 0.0224. The summed E-state index contributed by atoms with van der Waals surface area (Å²) in [7, 11) is 1.99. The van der Waals surface area contributed by atoms with Crippen molar-refractivity contribution < 1.29 is 9.53 Å². The molecule has 1 saturated carbocycles. The molecule has 1 aliphatic carbocycles. The molecule has 1 saturated heterocycles. The first-order chi connectivity index (χ1) is 20.5. The fourth-order valence-corrected chi connectivity index (χ4v) is 7.64. The molecule has 9 heteroatoms. The Morgan fingerprint density at radius 1 is 1.12 bits per heavy atom. The molecule has 7 rings (SSSR count). The number of aryl methyl sites for hydroxylation is 1. The van der Waals surface area contributed by atoms with Gasteiger partial charge >= 0.3 is 0 Å². The number of fused-ring (bicyclic) bond motifs is 3. The van der Waals surface area contributed by atoms with Gasteiger partial charge in [-0.1, -0.05) is 24.3 Å². The number of amides is 1. The number of hydrogen-bond acceptors (Lipinski definition) is 7. The molecular weight excluding hydrogens is 544 g/mol. The van der Waals surface area contributed by atoms with Crippen LogP contribution >= 0.6 is 11.3 Å². The number of benzene rings is 1. The maximum absolute atomic E-state index is 12.6. The molecule has 2 atom stereocenters. The average molecular weight is 585 g/mol. The highest BCUT2D eigenvalue weighted by atomic mass is 32.1. The zero-order valence-electron chi connectivity index (χ0n) is 24.7. The van der Waals surface area contributed by atoms with Crippen LogP contribution in [-0.4, -0.2) is 52.1 Å². The lowest BCUT2D eigenvalue weighted by Gasteiger charge is -2.38. The van der Waals surface area contributed by atoms with Crippen molar-refractivity contribution in [3.8, 4) is 11.1 Å². The quantitative estimate of drug-likeness (QED) is 0.261. The van der Waals surface area contributed by atoms with Gasteiger partial charge in [0.2, 0.25) is 5.91 Å². The molecule has 1 aromatic carbocycles. The number of aromatic nitrogens is 3. The zero-order chi connectivity index (χ0) is 28.8. The zero-order valence-corrected chi connectivity index (χ0v) is 25.5. The van der Waals surface area contributed by atoms with Gasteiger partial charge in [-0.05, 0) is 86.7 Å². The van der Waals surface area contributed by atoms with Crippen LogP contribution in [0.1, 0.15) is 66.7 Å². The van der Waals surface area contributed by atoms with Gasteiger partial charge in [-0.3, -0.25) is 4.79 Å². The van der Waals surface area contributed by atoms with Gasteiger partial charge in [-0.25, -0.2) is 9.97 Å². The number of carbonyl (C=O) groups is 1. The summed E-state index contributed by atoms with van der Waals surface area (Å²) in [6.45, 7) is 8.17. The Bertz CT molecular complexity index is 1600. The predicted octanol–water partition coefficient (Wildman–Crippen LogP) is 6.08. The van der Waals surface area contributed by atoms with E-state index in [-0.39, 0.29) is 12.1 Å². The Hall–Kier alpha value is -3.27. The van der Waals surface area contributed by atoms with Gasteiger partial charge in [0.15, 0.2) is 0 Å². The van der Waals surface area contributed by atoms with Gasteiger partial charge < -0.3 is 24.8 Å². The number of nitrogens with zero attached hydrogens (tertiary/aromatic N) is 4. The summed E-state index contributed by atoms with van der Waals surface area (Å²) in [5.74, 6) is 2.70. The molecule has 0 bridgehead atoms. The van der Waals surface area contributed by atoms with Crippen molar-refractivity contribution in [2.75, 3.05) is 32.1 Å². The number of anilines is 1. The molecule has 0 spiro atoms. The second kappa shape index (κ2) is 11.4. The Balaban J connectivity index is 1.13. The number of hydrogen-bond donors (Lipinski definition) is 2. The summed E-state index contributed by atoms with van der Waals surface area (Å²) in [6.07, 6.45) is 4.12. The SMILES string of the molecule is CNCc1ccccc1-c1csc([C@@H](C)Nc2nc(C)nc3c2cc2n3CCOC2C2CCN(C(=O)C3CC3)CC2)c1. The van der Waals surface area contributed by atoms with Crippen LogP contribution in [0.15, 0.2) is 41.8 Å². The molecule has 220 valence electrons.